The number of unbranched alkanes of at least 4 members (excludes halogenated alkanes) is 9. The predicted molar refractivity (Wildman–Crippen MR) is 224 cm³/mol. The number of ether oxygens (including phenoxy) is 2. The number of carbonyl (C=O) groups excluding carboxylic acids is 1. The highest BCUT2D eigenvalue weighted by Gasteiger charge is 2.26. The van der Waals surface area contributed by atoms with Gasteiger partial charge in [0.2, 0.25) is 0 Å². The fourth-order valence-electron chi connectivity index (χ4n) is 4.83. The molecule has 0 saturated heterocycles. The van der Waals surface area contributed by atoms with Crippen LogP contribution in [0.2, 0.25) is 0 Å². The Balaban J connectivity index is 4.45. The first-order chi connectivity index (χ1) is 25.6. The van der Waals surface area contributed by atoms with Crippen LogP contribution in [0.15, 0.2) is 85.1 Å². The highest BCUT2D eigenvalue weighted by Crippen LogP contribution is 2.43. The van der Waals surface area contributed by atoms with Crippen molar-refractivity contribution in [3.8, 4) is 0 Å². The third-order valence-electron chi connectivity index (χ3n) is 7.97. The van der Waals surface area contributed by atoms with E-state index in [2.05, 4.69) is 86.8 Å². The van der Waals surface area contributed by atoms with Crippen molar-refractivity contribution >= 4 is 13.8 Å². The molecular formula is C44H77NO7P+. The van der Waals surface area contributed by atoms with Gasteiger partial charge in [-0.2, -0.15) is 0 Å². The van der Waals surface area contributed by atoms with E-state index in [4.69, 9.17) is 18.5 Å². The third-order valence-corrected chi connectivity index (χ3v) is 8.96. The van der Waals surface area contributed by atoms with Crippen LogP contribution in [-0.4, -0.2) is 75.6 Å². The summed E-state index contributed by atoms with van der Waals surface area (Å²) in [6, 6.07) is 0. The van der Waals surface area contributed by atoms with Crippen molar-refractivity contribution in [1.29, 1.82) is 0 Å². The van der Waals surface area contributed by atoms with Gasteiger partial charge in [0.05, 0.1) is 40.8 Å². The molecule has 0 bridgehead atoms. The van der Waals surface area contributed by atoms with Gasteiger partial charge in [0.25, 0.3) is 0 Å². The van der Waals surface area contributed by atoms with E-state index in [0.29, 0.717) is 24.1 Å². The topological polar surface area (TPSA) is 91.3 Å². The molecule has 0 spiro atoms. The lowest BCUT2D eigenvalue weighted by Gasteiger charge is -2.24. The molecule has 0 radical (unpaired) electrons. The number of quaternary nitrogens is 1. The average molecular weight is 763 g/mol. The Morgan fingerprint density at radius 3 is 1.64 bits per heavy atom. The van der Waals surface area contributed by atoms with Crippen molar-refractivity contribution < 1.29 is 37.3 Å². The molecule has 0 aliphatic heterocycles. The number of carbonyl (C=O) groups is 1. The van der Waals surface area contributed by atoms with E-state index in [1.807, 2.05) is 27.2 Å². The SMILES string of the molecule is CC/C=C\C/C=C\C/C=C\C/C=C\C/C=C\CC(=O)OC(COCCCCCCCC/C=C\C/C=C\CCCCC)COP(=O)(O)OCC[N+](C)(C)C. The number of phosphoric ester groups is 1. The van der Waals surface area contributed by atoms with Gasteiger partial charge in [0, 0.05) is 6.61 Å². The molecule has 9 heteroatoms. The van der Waals surface area contributed by atoms with Gasteiger partial charge in [-0.05, 0) is 70.6 Å². The summed E-state index contributed by atoms with van der Waals surface area (Å²) >= 11 is 0. The normalized spacial score (nSPS) is 14.8. The van der Waals surface area contributed by atoms with Gasteiger partial charge in [-0.3, -0.25) is 13.8 Å². The fourth-order valence-corrected chi connectivity index (χ4v) is 5.57. The highest BCUT2D eigenvalue weighted by molar-refractivity contribution is 7.47. The second-order valence-electron chi connectivity index (χ2n) is 14.3. The van der Waals surface area contributed by atoms with Crippen molar-refractivity contribution in [3.63, 3.8) is 0 Å². The summed E-state index contributed by atoms with van der Waals surface area (Å²) in [5.74, 6) is -0.448. The summed E-state index contributed by atoms with van der Waals surface area (Å²) in [5, 5.41) is 0. The molecule has 0 aromatic carbocycles. The fraction of sp³-hybridized carbons (Fsp3) is 0.659. The molecule has 0 fully saturated rings. The molecule has 2 unspecified atom stereocenters. The molecule has 0 aromatic heterocycles. The van der Waals surface area contributed by atoms with Gasteiger partial charge in [0.15, 0.2) is 0 Å². The largest absolute Gasteiger partial charge is 0.472 e. The Morgan fingerprint density at radius 2 is 1.09 bits per heavy atom. The maximum absolute atomic E-state index is 12.6. The van der Waals surface area contributed by atoms with Crippen LogP contribution in [0.25, 0.3) is 0 Å². The number of phosphoric acid groups is 1. The van der Waals surface area contributed by atoms with Crippen molar-refractivity contribution in [2.45, 2.75) is 136 Å². The first kappa shape index (κ1) is 50.7. The molecule has 0 saturated carbocycles. The van der Waals surface area contributed by atoms with Crippen LogP contribution in [0, 0.1) is 0 Å². The monoisotopic (exact) mass is 763 g/mol. The molecule has 0 aromatic rings. The maximum Gasteiger partial charge on any atom is 0.472 e. The summed E-state index contributed by atoms with van der Waals surface area (Å²) in [4.78, 5) is 22.8. The Morgan fingerprint density at radius 1 is 0.604 bits per heavy atom. The van der Waals surface area contributed by atoms with E-state index in [9.17, 15) is 14.3 Å². The number of hydrogen-bond donors (Lipinski definition) is 1. The first-order valence-electron chi connectivity index (χ1n) is 20.3. The molecule has 0 heterocycles. The van der Waals surface area contributed by atoms with E-state index in [0.717, 1.165) is 57.8 Å². The summed E-state index contributed by atoms with van der Waals surface area (Å²) < 4.78 is 34.8. The standard InChI is InChI=1S/C44H76NO7P/c1-6-8-10-12-14-16-18-20-22-24-26-28-30-32-34-36-39-49-41-43(42-51-53(47,48)50-40-38-45(3,4)5)52-44(46)37-35-33-31-29-27-25-23-21-19-17-15-13-11-9-7-2/h9,11,14-17,20-23,27,29,33,35,43H,6-8,10,12-13,18-19,24-26,28,30-32,34,36-42H2,1-5H3/p+1/b11-9-,16-14-,17-15-,22-20-,23-21-,29-27-,35-33-. The van der Waals surface area contributed by atoms with Crippen LogP contribution in [0.4, 0.5) is 0 Å². The van der Waals surface area contributed by atoms with Crippen LogP contribution >= 0.6 is 7.82 Å². The second kappa shape index (κ2) is 36.6. The van der Waals surface area contributed by atoms with Crippen molar-refractivity contribution in [1.82, 2.24) is 0 Å². The molecular weight excluding hydrogens is 685 g/mol. The third kappa shape index (κ3) is 40.7. The quantitative estimate of drug-likeness (QED) is 0.0223. The van der Waals surface area contributed by atoms with E-state index in [-0.39, 0.29) is 26.2 Å². The van der Waals surface area contributed by atoms with Crippen molar-refractivity contribution in [2.24, 2.45) is 0 Å². The number of likely N-dealkylation sites (N-methyl/N-ethyl adjacent to an activating group) is 1. The minimum Gasteiger partial charge on any atom is -0.457 e. The molecule has 0 amide bonds. The van der Waals surface area contributed by atoms with E-state index in [1.165, 1.54) is 44.9 Å². The van der Waals surface area contributed by atoms with Gasteiger partial charge in [-0.25, -0.2) is 4.57 Å². The molecule has 0 rings (SSSR count). The van der Waals surface area contributed by atoms with Crippen molar-refractivity contribution in [2.75, 3.05) is 54.1 Å². The summed E-state index contributed by atoms with van der Waals surface area (Å²) in [6.07, 6.45) is 47.9. The minimum atomic E-state index is -4.30. The van der Waals surface area contributed by atoms with Gasteiger partial charge in [-0.1, -0.05) is 137 Å². The predicted octanol–water partition coefficient (Wildman–Crippen LogP) is 11.7. The minimum absolute atomic E-state index is 0.0653. The maximum atomic E-state index is 12.6. The zero-order valence-electron chi connectivity index (χ0n) is 34.2. The smallest absolute Gasteiger partial charge is 0.457 e. The zero-order valence-corrected chi connectivity index (χ0v) is 35.1. The van der Waals surface area contributed by atoms with E-state index < -0.39 is 19.9 Å². The summed E-state index contributed by atoms with van der Waals surface area (Å²) in [6.45, 7) is 5.29. The Kier molecular flexibility index (Phi) is 35.0. The summed E-state index contributed by atoms with van der Waals surface area (Å²) in [7, 11) is 1.59. The zero-order chi connectivity index (χ0) is 39.1. The number of allylic oxidation sites excluding steroid dienone is 13. The summed E-state index contributed by atoms with van der Waals surface area (Å²) in [5.41, 5.74) is 0. The van der Waals surface area contributed by atoms with Gasteiger partial charge in [-0.15, -0.1) is 0 Å². The van der Waals surface area contributed by atoms with Crippen LogP contribution in [0.1, 0.15) is 129 Å². The van der Waals surface area contributed by atoms with E-state index >= 15 is 0 Å². The van der Waals surface area contributed by atoms with Gasteiger partial charge in [0.1, 0.15) is 19.3 Å². The number of esters is 1. The lowest BCUT2D eigenvalue weighted by atomic mass is 10.1. The van der Waals surface area contributed by atoms with Gasteiger partial charge >= 0.3 is 13.8 Å². The molecule has 0 aliphatic carbocycles. The van der Waals surface area contributed by atoms with Crippen LogP contribution in [-0.2, 0) is 27.9 Å². The van der Waals surface area contributed by atoms with Crippen LogP contribution in [0.3, 0.4) is 0 Å². The average Bonchev–Trinajstić information content (AvgIpc) is 3.11. The Bertz CT molecular complexity index is 1120. The van der Waals surface area contributed by atoms with Crippen LogP contribution < -0.4 is 0 Å². The Hall–Kier alpha value is -2.32. The Labute approximate surface area is 325 Å². The molecule has 304 valence electrons. The number of hydrogen-bond acceptors (Lipinski definition) is 6. The lowest BCUT2D eigenvalue weighted by Crippen LogP contribution is -2.37. The molecule has 8 nitrogen and oxygen atoms in total. The van der Waals surface area contributed by atoms with E-state index in [1.54, 1.807) is 6.08 Å². The second-order valence-corrected chi connectivity index (χ2v) is 15.7. The molecule has 1 N–H and O–H groups in total. The first-order valence-corrected chi connectivity index (χ1v) is 21.8. The molecule has 0 aliphatic rings. The number of nitrogens with zero attached hydrogens (tertiary/aromatic N) is 1. The molecule has 2 atom stereocenters. The van der Waals surface area contributed by atoms with Crippen LogP contribution in [0.5, 0.6) is 0 Å². The van der Waals surface area contributed by atoms with Gasteiger partial charge < -0.3 is 18.9 Å². The molecule has 53 heavy (non-hydrogen) atoms. The highest BCUT2D eigenvalue weighted by atomic mass is 31.2. The number of rotatable bonds is 36. The lowest BCUT2D eigenvalue weighted by molar-refractivity contribution is -0.870. The van der Waals surface area contributed by atoms with Crippen molar-refractivity contribution in [3.05, 3.63) is 85.1 Å².